The molecule has 0 radical (unpaired) electrons. The number of carbonyl (C=O) groups excluding carboxylic acids is 1. The number of oxazole rings is 1. The second-order valence-corrected chi connectivity index (χ2v) is 6.71. The lowest BCUT2D eigenvalue weighted by Crippen LogP contribution is -2.41. The maximum atomic E-state index is 13.1. The number of hydrogen-bond donors (Lipinski definition) is 3. The monoisotopic (exact) mass is 489 g/mol. The maximum absolute atomic E-state index is 13.1. The highest BCUT2D eigenvalue weighted by Gasteiger charge is 2.19. The molecule has 148 valence electrons. The standard InChI is InChI=1S/C18H24FN5O2.HI/c1-18(2,3)14-9-21-16(26-14)11-23-17(20-4)22-10-15(25)24-13-7-5-6-12(19)8-13;/h5-9H,10-11H2,1-4H3,(H,24,25)(H2,20,22,23);1H. The number of aliphatic imine (C=N–C) groups is 1. The van der Waals surface area contributed by atoms with Gasteiger partial charge < -0.3 is 20.4 Å². The van der Waals surface area contributed by atoms with Gasteiger partial charge in [0.25, 0.3) is 0 Å². The van der Waals surface area contributed by atoms with Gasteiger partial charge in [-0.3, -0.25) is 9.79 Å². The Morgan fingerprint density at radius 1 is 1.30 bits per heavy atom. The van der Waals surface area contributed by atoms with Crippen LogP contribution in [0.5, 0.6) is 0 Å². The van der Waals surface area contributed by atoms with Gasteiger partial charge in [-0.25, -0.2) is 9.37 Å². The number of rotatable bonds is 5. The molecule has 9 heteroatoms. The molecule has 0 atom stereocenters. The topological polar surface area (TPSA) is 91.5 Å². The normalized spacial score (nSPS) is 11.5. The fraction of sp³-hybridized carbons (Fsp3) is 0.389. The molecule has 0 spiro atoms. The zero-order chi connectivity index (χ0) is 19.2. The van der Waals surface area contributed by atoms with E-state index >= 15 is 0 Å². The minimum Gasteiger partial charge on any atom is -0.443 e. The van der Waals surface area contributed by atoms with Crippen molar-refractivity contribution in [3.63, 3.8) is 0 Å². The Morgan fingerprint density at radius 3 is 2.63 bits per heavy atom. The van der Waals surface area contributed by atoms with E-state index in [4.69, 9.17) is 4.42 Å². The smallest absolute Gasteiger partial charge is 0.243 e. The van der Waals surface area contributed by atoms with E-state index in [2.05, 4.69) is 25.9 Å². The Kier molecular flexibility index (Phi) is 8.67. The van der Waals surface area contributed by atoms with Gasteiger partial charge in [0.05, 0.1) is 19.3 Å². The molecular formula is C18H25FIN5O2. The first kappa shape index (κ1) is 22.9. The summed E-state index contributed by atoms with van der Waals surface area (Å²) in [5, 5.41) is 8.50. The number of guanidine groups is 1. The van der Waals surface area contributed by atoms with Crippen LogP contribution in [0.15, 0.2) is 39.9 Å². The van der Waals surface area contributed by atoms with Crippen LogP contribution in [0.1, 0.15) is 32.4 Å². The zero-order valence-electron chi connectivity index (χ0n) is 15.8. The Labute approximate surface area is 175 Å². The third-order valence-electron chi connectivity index (χ3n) is 3.45. The SMILES string of the molecule is CN=C(NCC(=O)Nc1cccc(F)c1)NCc1ncc(C(C)(C)C)o1.I. The van der Waals surface area contributed by atoms with Crippen molar-refractivity contribution in [1.82, 2.24) is 15.6 Å². The summed E-state index contributed by atoms with van der Waals surface area (Å²) in [6.45, 7) is 6.45. The number of hydrogen-bond acceptors (Lipinski definition) is 4. The first-order chi connectivity index (χ1) is 12.3. The first-order valence-corrected chi connectivity index (χ1v) is 8.23. The van der Waals surface area contributed by atoms with Crippen LogP contribution in [-0.2, 0) is 16.8 Å². The third-order valence-corrected chi connectivity index (χ3v) is 3.45. The van der Waals surface area contributed by atoms with Crippen molar-refractivity contribution in [2.24, 2.45) is 4.99 Å². The molecular weight excluding hydrogens is 464 g/mol. The number of aromatic nitrogens is 1. The minimum atomic E-state index is -0.409. The molecule has 1 amide bonds. The highest BCUT2D eigenvalue weighted by molar-refractivity contribution is 14.0. The fourth-order valence-electron chi connectivity index (χ4n) is 2.05. The van der Waals surface area contributed by atoms with E-state index in [1.807, 2.05) is 20.8 Å². The van der Waals surface area contributed by atoms with Crippen molar-refractivity contribution in [2.45, 2.75) is 32.7 Å². The summed E-state index contributed by atoms with van der Waals surface area (Å²) in [5.74, 6) is 1.03. The summed E-state index contributed by atoms with van der Waals surface area (Å²) < 4.78 is 18.8. The van der Waals surface area contributed by atoms with Crippen molar-refractivity contribution in [3.05, 3.63) is 47.9 Å². The molecule has 1 aromatic heterocycles. The van der Waals surface area contributed by atoms with E-state index in [0.29, 0.717) is 24.1 Å². The van der Waals surface area contributed by atoms with Crippen LogP contribution in [-0.4, -0.2) is 30.4 Å². The average Bonchev–Trinajstić information content (AvgIpc) is 3.04. The zero-order valence-corrected chi connectivity index (χ0v) is 18.1. The number of halogens is 2. The van der Waals surface area contributed by atoms with Crippen molar-refractivity contribution in [3.8, 4) is 0 Å². The van der Waals surface area contributed by atoms with Gasteiger partial charge in [-0.1, -0.05) is 26.8 Å². The van der Waals surface area contributed by atoms with Crippen LogP contribution in [0, 0.1) is 5.82 Å². The molecule has 7 nitrogen and oxygen atoms in total. The van der Waals surface area contributed by atoms with Gasteiger partial charge in [0.1, 0.15) is 11.6 Å². The maximum Gasteiger partial charge on any atom is 0.243 e. The number of carbonyl (C=O) groups is 1. The molecule has 1 heterocycles. The Hall–Kier alpha value is -2.17. The van der Waals surface area contributed by atoms with Crippen LogP contribution in [0.3, 0.4) is 0 Å². The van der Waals surface area contributed by atoms with Gasteiger partial charge in [-0.2, -0.15) is 0 Å². The van der Waals surface area contributed by atoms with Crippen molar-refractivity contribution in [2.75, 3.05) is 18.9 Å². The van der Waals surface area contributed by atoms with Crippen LogP contribution in [0.25, 0.3) is 0 Å². The van der Waals surface area contributed by atoms with E-state index < -0.39 is 5.82 Å². The molecule has 2 aromatic rings. The van der Waals surface area contributed by atoms with Gasteiger partial charge in [-0.05, 0) is 18.2 Å². The van der Waals surface area contributed by atoms with Crippen LogP contribution in [0.2, 0.25) is 0 Å². The Bertz CT molecular complexity index is 786. The summed E-state index contributed by atoms with van der Waals surface area (Å²) in [7, 11) is 1.59. The largest absolute Gasteiger partial charge is 0.443 e. The minimum absolute atomic E-state index is 0. The van der Waals surface area contributed by atoms with Gasteiger partial charge in [-0.15, -0.1) is 24.0 Å². The molecule has 3 N–H and O–H groups in total. The third kappa shape index (κ3) is 7.53. The van der Waals surface area contributed by atoms with Gasteiger partial charge in [0.2, 0.25) is 11.8 Å². The van der Waals surface area contributed by atoms with Crippen LogP contribution < -0.4 is 16.0 Å². The molecule has 0 aliphatic carbocycles. The van der Waals surface area contributed by atoms with Crippen molar-refractivity contribution >= 4 is 41.5 Å². The summed E-state index contributed by atoms with van der Waals surface area (Å²) in [6.07, 6.45) is 1.71. The summed E-state index contributed by atoms with van der Waals surface area (Å²) in [6, 6.07) is 5.71. The molecule has 27 heavy (non-hydrogen) atoms. The average molecular weight is 489 g/mol. The van der Waals surface area contributed by atoms with Gasteiger partial charge in [0, 0.05) is 18.2 Å². The molecule has 0 aliphatic rings. The van der Waals surface area contributed by atoms with E-state index in [9.17, 15) is 9.18 Å². The molecule has 0 aliphatic heterocycles. The summed E-state index contributed by atoms with van der Waals surface area (Å²) in [4.78, 5) is 20.2. The predicted molar refractivity (Wildman–Crippen MR) is 114 cm³/mol. The van der Waals surface area contributed by atoms with Crippen LogP contribution in [0.4, 0.5) is 10.1 Å². The molecule has 0 bridgehead atoms. The van der Waals surface area contributed by atoms with Crippen molar-refractivity contribution in [1.29, 1.82) is 0 Å². The molecule has 1 aromatic carbocycles. The lowest BCUT2D eigenvalue weighted by Gasteiger charge is -2.13. The molecule has 0 saturated carbocycles. The lowest BCUT2D eigenvalue weighted by atomic mass is 9.94. The highest BCUT2D eigenvalue weighted by Crippen LogP contribution is 2.22. The molecule has 0 unspecified atom stereocenters. The quantitative estimate of drug-likeness (QED) is 0.341. The van der Waals surface area contributed by atoms with Crippen molar-refractivity contribution < 1.29 is 13.6 Å². The number of nitrogens with one attached hydrogen (secondary N) is 3. The van der Waals surface area contributed by atoms with E-state index in [0.717, 1.165) is 5.76 Å². The number of nitrogens with zero attached hydrogens (tertiary/aromatic N) is 2. The number of benzene rings is 1. The molecule has 2 rings (SSSR count). The number of anilines is 1. The Morgan fingerprint density at radius 2 is 2.04 bits per heavy atom. The first-order valence-electron chi connectivity index (χ1n) is 8.23. The van der Waals surface area contributed by atoms with Crippen LogP contribution >= 0.6 is 24.0 Å². The van der Waals surface area contributed by atoms with Gasteiger partial charge in [0.15, 0.2) is 5.96 Å². The summed E-state index contributed by atoms with van der Waals surface area (Å²) >= 11 is 0. The van der Waals surface area contributed by atoms with E-state index in [-0.39, 0.29) is 41.8 Å². The van der Waals surface area contributed by atoms with Gasteiger partial charge >= 0.3 is 0 Å². The summed E-state index contributed by atoms with van der Waals surface area (Å²) in [5.41, 5.74) is 0.287. The second-order valence-electron chi connectivity index (χ2n) is 6.71. The number of amides is 1. The Balaban J connectivity index is 0.00000364. The predicted octanol–water partition coefficient (Wildman–Crippen LogP) is 3.03. The highest BCUT2D eigenvalue weighted by atomic mass is 127. The molecule has 0 fully saturated rings. The van der Waals surface area contributed by atoms with E-state index in [1.165, 1.54) is 18.2 Å². The second kappa shape index (κ2) is 10.2. The molecule has 0 saturated heterocycles. The van der Waals surface area contributed by atoms with E-state index in [1.54, 1.807) is 19.3 Å². The lowest BCUT2D eigenvalue weighted by molar-refractivity contribution is -0.115. The fourth-order valence-corrected chi connectivity index (χ4v) is 2.05.